The molecule has 0 aromatic heterocycles. The Morgan fingerprint density at radius 3 is 1.06 bits per heavy atom. The van der Waals surface area contributed by atoms with Crippen LogP contribution < -0.4 is 0 Å². The van der Waals surface area contributed by atoms with Crippen molar-refractivity contribution in [2.45, 2.75) is 66.2 Å². The topological polar surface area (TPSA) is 43.7 Å². The summed E-state index contributed by atoms with van der Waals surface area (Å²) in [6.07, 6.45) is 8.09. The Morgan fingerprint density at radius 2 is 0.889 bits per heavy atom. The number of rotatable bonds is 9. The molecule has 0 aromatic rings. The quantitative estimate of drug-likeness (QED) is 0.671. The van der Waals surface area contributed by atoms with E-state index in [1.165, 1.54) is 58.2 Å². The van der Waals surface area contributed by atoms with E-state index in [0.29, 0.717) is 0 Å². The molecule has 114 valence electrons. The van der Waals surface area contributed by atoms with Gasteiger partial charge in [-0.05, 0) is 45.8 Å². The van der Waals surface area contributed by atoms with E-state index in [1.54, 1.807) is 6.92 Å². The second kappa shape index (κ2) is 25.7. The summed E-state index contributed by atoms with van der Waals surface area (Å²) in [7, 11) is 1.00. The van der Waals surface area contributed by atoms with Crippen molar-refractivity contribution in [3.05, 3.63) is 0 Å². The smallest absolute Gasteiger partial charge is 0.0402 e. The molecule has 0 fully saturated rings. The predicted octanol–water partition coefficient (Wildman–Crippen LogP) is 3.30. The fourth-order valence-electron chi connectivity index (χ4n) is 1.48. The third-order valence-electron chi connectivity index (χ3n) is 2.48. The first-order valence-electron chi connectivity index (χ1n) is 7.54. The summed E-state index contributed by atoms with van der Waals surface area (Å²) >= 11 is 0. The fourth-order valence-corrected chi connectivity index (χ4v) is 1.48. The summed E-state index contributed by atoms with van der Waals surface area (Å²) in [4.78, 5) is 2.64. The Bertz CT molecular complexity index is 91.6. The van der Waals surface area contributed by atoms with Gasteiger partial charge in [-0.3, -0.25) is 0 Å². The van der Waals surface area contributed by atoms with E-state index in [1.807, 2.05) is 0 Å². The predicted molar refractivity (Wildman–Crippen MR) is 82.1 cm³/mol. The van der Waals surface area contributed by atoms with Gasteiger partial charge in [-0.1, -0.05) is 40.0 Å². The average molecular weight is 263 g/mol. The molecular formula is C15H37NO2. The van der Waals surface area contributed by atoms with Gasteiger partial charge >= 0.3 is 0 Å². The monoisotopic (exact) mass is 263 g/mol. The molecule has 0 aromatic carbocycles. The van der Waals surface area contributed by atoms with Crippen LogP contribution in [-0.2, 0) is 0 Å². The molecule has 3 nitrogen and oxygen atoms in total. The molecule has 0 aliphatic rings. The van der Waals surface area contributed by atoms with Gasteiger partial charge in [0, 0.05) is 13.7 Å². The highest BCUT2D eigenvalue weighted by atomic mass is 16.2. The third-order valence-corrected chi connectivity index (χ3v) is 2.48. The molecule has 0 aliphatic heterocycles. The van der Waals surface area contributed by atoms with E-state index in [4.69, 9.17) is 10.2 Å². The van der Waals surface area contributed by atoms with E-state index in [-0.39, 0.29) is 6.61 Å². The zero-order valence-electron chi connectivity index (χ0n) is 13.4. The molecule has 0 heterocycles. The summed E-state index contributed by atoms with van der Waals surface area (Å²) in [5.41, 5.74) is 0. The standard InChI is InChI=1S/C12H27N.C2H6O.CH4O/c1-4-7-10-13(11-8-5-2)12-9-6-3;1-2-3;1-2/h4-12H2,1-3H3;3H,2H2,1H3;2H,1H3. The molecule has 0 unspecified atom stereocenters. The van der Waals surface area contributed by atoms with Crippen LogP contribution in [0.3, 0.4) is 0 Å². The summed E-state index contributed by atoms with van der Waals surface area (Å²) in [6, 6.07) is 0. The first-order chi connectivity index (χ1) is 8.76. The maximum absolute atomic E-state index is 7.57. The van der Waals surface area contributed by atoms with Crippen LogP contribution in [0.5, 0.6) is 0 Å². The van der Waals surface area contributed by atoms with Crippen molar-refractivity contribution in [3.8, 4) is 0 Å². The minimum Gasteiger partial charge on any atom is -0.400 e. The molecule has 2 N–H and O–H groups in total. The molecule has 18 heavy (non-hydrogen) atoms. The largest absolute Gasteiger partial charge is 0.400 e. The molecule has 0 radical (unpaired) electrons. The number of hydrogen-bond acceptors (Lipinski definition) is 3. The first kappa shape index (κ1) is 23.0. The normalized spacial score (nSPS) is 9.33. The lowest BCUT2D eigenvalue weighted by Gasteiger charge is -2.21. The molecule has 3 heteroatoms. The number of aliphatic hydroxyl groups is 2. The van der Waals surface area contributed by atoms with Crippen molar-refractivity contribution < 1.29 is 10.2 Å². The van der Waals surface area contributed by atoms with Crippen LogP contribution in [0.1, 0.15) is 66.2 Å². The van der Waals surface area contributed by atoms with Crippen molar-refractivity contribution in [2.24, 2.45) is 0 Å². The lowest BCUT2D eigenvalue weighted by Crippen LogP contribution is -2.27. The molecular weight excluding hydrogens is 226 g/mol. The summed E-state index contributed by atoms with van der Waals surface area (Å²) in [5, 5.41) is 14.6. The highest BCUT2D eigenvalue weighted by Crippen LogP contribution is 2.01. The lowest BCUT2D eigenvalue weighted by atomic mass is 10.2. The van der Waals surface area contributed by atoms with Crippen LogP contribution in [0.15, 0.2) is 0 Å². The van der Waals surface area contributed by atoms with Crippen LogP contribution >= 0.6 is 0 Å². The molecule has 0 bridgehead atoms. The van der Waals surface area contributed by atoms with Crippen LogP contribution in [0, 0.1) is 0 Å². The maximum Gasteiger partial charge on any atom is 0.0402 e. The molecule has 0 amide bonds. The van der Waals surface area contributed by atoms with Gasteiger partial charge in [-0.15, -0.1) is 0 Å². The second-order valence-corrected chi connectivity index (χ2v) is 4.22. The van der Waals surface area contributed by atoms with E-state index < -0.39 is 0 Å². The number of aliphatic hydroxyl groups excluding tert-OH is 2. The van der Waals surface area contributed by atoms with Crippen molar-refractivity contribution in [1.29, 1.82) is 0 Å². The van der Waals surface area contributed by atoms with Gasteiger partial charge in [0.1, 0.15) is 0 Å². The summed E-state index contributed by atoms with van der Waals surface area (Å²) < 4.78 is 0. The first-order valence-corrected chi connectivity index (χ1v) is 7.54. The van der Waals surface area contributed by atoms with Crippen LogP contribution in [0.2, 0.25) is 0 Å². The minimum atomic E-state index is 0.250. The van der Waals surface area contributed by atoms with E-state index in [9.17, 15) is 0 Å². The SMILES string of the molecule is CCCCN(CCCC)CCCC.CCO.CO. The van der Waals surface area contributed by atoms with E-state index in [0.717, 1.165) is 7.11 Å². The average Bonchev–Trinajstić information content (AvgIpc) is 2.41. The number of nitrogens with zero attached hydrogens (tertiary/aromatic N) is 1. The zero-order chi connectivity index (χ0) is 14.6. The lowest BCUT2D eigenvalue weighted by molar-refractivity contribution is 0.261. The highest BCUT2D eigenvalue weighted by molar-refractivity contribution is 4.57. The Labute approximate surface area is 115 Å². The summed E-state index contributed by atoms with van der Waals surface area (Å²) in [6.45, 7) is 12.7. The minimum absolute atomic E-state index is 0.250. The van der Waals surface area contributed by atoms with Gasteiger partial charge in [-0.2, -0.15) is 0 Å². The van der Waals surface area contributed by atoms with Crippen LogP contribution in [0.25, 0.3) is 0 Å². The molecule has 0 atom stereocenters. The van der Waals surface area contributed by atoms with Gasteiger partial charge in [-0.25, -0.2) is 0 Å². The molecule has 0 saturated carbocycles. The van der Waals surface area contributed by atoms with Crippen molar-refractivity contribution >= 4 is 0 Å². The molecule has 0 rings (SSSR count). The van der Waals surface area contributed by atoms with E-state index >= 15 is 0 Å². The fraction of sp³-hybridized carbons (Fsp3) is 1.00. The Morgan fingerprint density at radius 1 is 0.667 bits per heavy atom. The van der Waals surface area contributed by atoms with Crippen molar-refractivity contribution in [3.63, 3.8) is 0 Å². The number of hydrogen-bond donors (Lipinski definition) is 2. The van der Waals surface area contributed by atoms with E-state index in [2.05, 4.69) is 25.7 Å². The van der Waals surface area contributed by atoms with Gasteiger partial charge in [0.05, 0.1) is 0 Å². The van der Waals surface area contributed by atoms with Crippen molar-refractivity contribution in [2.75, 3.05) is 33.4 Å². The molecule has 0 saturated heterocycles. The highest BCUT2D eigenvalue weighted by Gasteiger charge is 2.01. The second-order valence-electron chi connectivity index (χ2n) is 4.22. The summed E-state index contributed by atoms with van der Waals surface area (Å²) in [5.74, 6) is 0. The Balaban J connectivity index is -0.000000389. The maximum atomic E-state index is 7.57. The van der Waals surface area contributed by atoms with Crippen molar-refractivity contribution in [1.82, 2.24) is 4.90 Å². The molecule has 0 aliphatic carbocycles. The van der Waals surface area contributed by atoms with Gasteiger partial charge < -0.3 is 15.1 Å². The Hall–Kier alpha value is -0.120. The molecule has 0 spiro atoms. The Kier molecular flexibility index (Phi) is 32.8. The zero-order valence-corrected chi connectivity index (χ0v) is 13.4. The van der Waals surface area contributed by atoms with Crippen LogP contribution in [-0.4, -0.2) is 48.5 Å². The van der Waals surface area contributed by atoms with Gasteiger partial charge in [0.25, 0.3) is 0 Å². The van der Waals surface area contributed by atoms with Crippen LogP contribution in [0.4, 0.5) is 0 Å². The third kappa shape index (κ3) is 24.9. The van der Waals surface area contributed by atoms with Gasteiger partial charge in [0.15, 0.2) is 0 Å². The number of unbranched alkanes of at least 4 members (excludes halogenated alkanes) is 3. The van der Waals surface area contributed by atoms with Gasteiger partial charge in [0.2, 0.25) is 0 Å².